The van der Waals surface area contributed by atoms with E-state index in [4.69, 9.17) is 0 Å². The highest BCUT2D eigenvalue weighted by atomic mass is 19.1. The molecule has 0 saturated carbocycles. The number of aromatic nitrogens is 5. The molecule has 21 heavy (non-hydrogen) atoms. The van der Waals surface area contributed by atoms with E-state index in [-0.39, 0.29) is 5.82 Å². The van der Waals surface area contributed by atoms with Crippen molar-refractivity contribution in [3.8, 4) is 0 Å². The third kappa shape index (κ3) is 1.91. The number of benzene rings is 1. The van der Waals surface area contributed by atoms with E-state index in [0.29, 0.717) is 30.1 Å². The van der Waals surface area contributed by atoms with Crippen molar-refractivity contribution < 1.29 is 9.50 Å². The Labute approximate surface area is 118 Å². The highest BCUT2D eigenvalue weighted by Crippen LogP contribution is 2.34. The number of rotatable bonds is 2. The second-order valence-corrected chi connectivity index (χ2v) is 5.11. The van der Waals surface area contributed by atoms with E-state index in [9.17, 15) is 9.50 Å². The van der Waals surface area contributed by atoms with Gasteiger partial charge in [-0.3, -0.25) is 0 Å². The molecular formula is C13H11FN6O. The summed E-state index contributed by atoms with van der Waals surface area (Å²) in [5, 5.41) is 25.9. The average molecular weight is 286 g/mol. The fourth-order valence-electron chi connectivity index (χ4n) is 2.50. The van der Waals surface area contributed by atoms with Crippen LogP contribution in [0.25, 0.3) is 5.65 Å². The van der Waals surface area contributed by atoms with Gasteiger partial charge in [-0.15, -0.1) is 14.8 Å². The fraction of sp³-hybridized carbons (Fsp3) is 0.231. The zero-order valence-corrected chi connectivity index (χ0v) is 10.9. The Morgan fingerprint density at radius 3 is 2.62 bits per heavy atom. The van der Waals surface area contributed by atoms with Gasteiger partial charge in [0, 0.05) is 0 Å². The zero-order valence-electron chi connectivity index (χ0n) is 10.9. The van der Waals surface area contributed by atoms with Gasteiger partial charge in [-0.2, -0.15) is 0 Å². The zero-order chi connectivity index (χ0) is 14.4. The van der Waals surface area contributed by atoms with E-state index in [1.54, 1.807) is 24.3 Å². The number of halogens is 1. The van der Waals surface area contributed by atoms with E-state index in [1.807, 2.05) is 4.90 Å². The first-order chi connectivity index (χ1) is 10.1. The van der Waals surface area contributed by atoms with E-state index < -0.39 is 5.60 Å². The maximum absolute atomic E-state index is 12.9. The molecule has 3 heterocycles. The van der Waals surface area contributed by atoms with E-state index >= 15 is 0 Å². The predicted octanol–water partition coefficient (Wildman–Crippen LogP) is 0.366. The number of aliphatic hydroxyl groups is 1. The highest BCUT2D eigenvalue weighted by molar-refractivity contribution is 5.49. The van der Waals surface area contributed by atoms with Gasteiger partial charge in [-0.25, -0.2) is 4.39 Å². The number of hydrogen-bond donors (Lipinski definition) is 1. The van der Waals surface area contributed by atoms with E-state index in [0.717, 1.165) is 0 Å². The van der Waals surface area contributed by atoms with Crippen molar-refractivity contribution in [3.05, 3.63) is 47.8 Å². The van der Waals surface area contributed by atoms with Gasteiger partial charge in [0.2, 0.25) is 0 Å². The van der Waals surface area contributed by atoms with Crippen LogP contribution in [0.15, 0.2) is 36.4 Å². The quantitative estimate of drug-likeness (QED) is 0.733. The molecule has 0 aliphatic carbocycles. The lowest BCUT2D eigenvalue weighted by atomic mass is 9.86. The molecule has 1 fully saturated rings. The van der Waals surface area contributed by atoms with Crippen LogP contribution in [0.3, 0.4) is 0 Å². The van der Waals surface area contributed by atoms with E-state index in [2.05, 4.69) is 20.6 Å². The molecule has 1 saturated heterocycles. The maximum Gasteiger partial charge on any atom is 0.200 e. The first kappa shape index (κ1) is 12.2. The molecule has 0 radical (unpaired) electrons. The third-order valence-electron chi connectivity index (χ3n) is 3.67. The SMILES string of the molecule is OC1(c2ccc(F)cc2)CN(c2ccc3nnnn3n2)C1. The number of hydrogen-bond acceptors (Lipinski definition) is 6. The van der Waals surface area contributed by atoms with Crippen LogP contribution >= 0.6 is 0 Å². The maximum atomic E-state index is 12.9. The molecule has 106 valence electrons. The average Bonchev–Trinajstić information content (AvgIpc) is 2.92. The second-order valence-electron chi connectivity index (χ2n) is 5.11. The van der Waals surface area contributed by atoms with Crippen molar-refractivity contribution in [2.24, 2.45) is 0 Å². The van der Waals surface area contributed by atoms with Gasteiger partial charge in [0.25, 0.3) is 0 Å². The molecule has 1 aliphatic rings. The first-order valence-electron chi connectivity index (χ1n) is 6.43. The van der Waals surface area contributed by atoms with Crippen LogP contribution in [0.2, 0.25) is 0 Å². The standard InChI is InChI=1S/C13H11FN6O/c14-10-3-1-9(2-4-10)13(21)7-19(8-13)12-6-5-11-15-17-18-20(11)16-12/h1-6,21H,7-8H2. The van der Waals surface area contributed by atoms with Crippen molar-refractivity contribution >= 4 is 11.5 Å². The topological polar surface area (TPSA) is 79.4 Å². The van der Waals surface area contributed by atoms with Crippen LogP contribution in [0.4, 0.5) is 10.2 Å². The van der Waals surface area contributed by atoms with Crippen molar-refractivity contribution in [1.82, 2.24) is 25.3 Å². The summed E-state index contributed by atoms with van der Waals surface area (Å²) in [7, 11) is 0. The van der Waals surface area contributed by atoms with Crippen molar-refractivity contribution in [2.75, 3.05) is 18.0 Å². The smallest absolute Gasteiger partial charge is 0.200 e. The number of anilines is 1. The molecule has 1 aromatic carbocycles. The number of nitrogens with zero attached hydrogens (tertiary/aromatic N) is 6. The molecule has 0 unspecified atom stereocenters. The number of tetrazole rings is 1. The molecule has 2 aromatic heterocycles. The van der Waals surface area contributed by atoms with Gasteiger partial charge in [0.1, 0.15) is 11.4 Å². The van der Waals surface area contributed by atoms with Crippen LogP contribution in [0, 0.1) is 5.82 Å². The third-order valence-corrected chi connectivity index (χ3v) is 3.67. The normalized spacial score (nSPS) is 17.0. The molecule has 0 atom stereocenters. The summed E-state index contributed by atoms with van der Waals surface area (Å²) in [5.41, 5.74) is 0.280. The summed E-state index contributed by atoms with van der Waals surface area (Å²) in [4.78, 5) is 1.91. The van der Waals surface area contributed by atoms with Gasteiger partial charge >= 0.3 is 0 Å². The van der Waals surface area contributed by atoms with Crippen LogP contribution in [-0.2, 0) is 5.60 Å². The van der Waals surface area contributed by atoms with Crippen LogP contribution < -0.4 is 4.90 Å². The fourth-order valence-corrected chi connectivity index (χ4v) is 2.50. The monoisotopic (exact) mass is 286 g/mol. The summed E-state index contributed by atoms with van der Waals surface area (Å²) >= 11 is 0. The minimum Gasteiger partial charge on any atom is -0.381 e. The predicted molar refractivity (Wildman–Crippen MR) is 71.1 cm³/mol. The first-order valence-corrected chi connectivity index (χ1v) is 6.43. The molecule has 7 nitrogen and oxygen atoms in total. The molecule has 1 N–H and O–H groups in total. The Morgan fingerprint density at radius 1 is 1.10 bits per heavy atom. The van der Waals surface area contributed by atoms with Crippen molar-refractivity contribution in [2.45, 2.75) is 5.60 Å². The summed E-state index contributed by atoms with van der Waals surface area (Å²) in [5.74, 6) is 0.367. The van der Waals surface area contributed by atoms with Crippen LogP contribution in [0.5, 0.6) is 0 Å². The lowest BCUT2D eigenvalue weighted by Crippen LogP contribution is -2.60. The largest absolute Gasteiger partial charge is 0.381 e. The van der Waals surface area contributed by atoms with Gasteiger partial charge in [-0.05, 0) is 40.3 Å². The minimum absolute atomic E-state index is 0.315. The Bertz CT molecular complexity index is 796. The Balaban J connectivity index is 1.56. The molecular weight excluding hydrogens is 275 g/mol. The van der Waals surface area contributed by atoms with Gasteiger partial charge in [0.05, 0.1) is 13.1 Å². The lowest BCUT2D eigenvalue weighted by Gasteiger charge is -2.47. The number of β-amino-alcohol motifs (C(OH)–C–C–N with tert-alkyl or cyclic N) is 1. The summed E-state index contributed by atoms with van der Waals surface area (Å²) in [6.07, 6.45) is 0. The van der Waals surface area contributed by atoms with E-state index in [1.165, 1.54) is 16.8 Å². The van der Waals surface area contributed by atoms with Crippen molar-refractivity contribution in [1.29, 1.82) is 0 Å². The molecule has 0 spiro atoms. The Morgan fingerprint density at radius 2 is 1.86 bits per heavy atom. The minimum atomic E-state index is -0.981. The van der Waals surface area contributed by atoms with Gasteiger partial charge in [-0.1, -0.05) is 12.1 Å². The van der Waals surface area contributed by atoms with Crippen LogP contribution in [-0.4, -0.2) is 43.5 Å². The van der Waals surface area contributed by atoms with Gasteiger partial charge in [0.15, 0.2) is 11.5 Å². The highest BCUT2D eigenvalue weighted by Gasteiger charge is 2.43. The lowest BCUT2D eigenvalue weighted by molar-refractivity contribution is 0.00687. The van der Waals surface area contributed by atoms with Gasteiger partial charge < -0.3 is 10.0 Å². The molecule has 1 aliphatic heterocycles. The summed E-state index contributed by atoms with van der Waals surface area (Å²) in [6, 6.07) is 9.46. The Hall–Kier alpha value is -2.61. The summed E-state index contributed by atoms with van der Waals surface area (Å²) < 4.78 is 14.3. The molecule has 0 amide bonds. The Kier molecular flexibility index (Phi) is 2.43. The van der Waals surface area contributed by atoms with Crippen molar-refractivity contribution in [3.63, 3.8) is 0 Å². The molecule has 8 heteroatoms. The molecule has 3 aromatic rings. The molecule has 0 bridgehead atoms. The summed E-state index contributed by atoms with van der Waals surface area (Å²) in [6.45, 7) is 0.776. The second kappa shape index (κ2) is 4.19. The number of fused-ring (bicyclic) bond motifs is 1. The molecule has 4 rings (SSSR count). The van der Waals surface area contributed by atoms with Crippen LogP contribution in [0.1, 0.15) is 5.56 Å².